The summed E-state index contributed by atoms with van der Waals surface area (Å²) in [7, 11) is 2.07. The molecule has 1 atom stereocenters. The van der Waals surface area contributed by atoms with Crippen LogP contribution in [0, 0.1) is 6.92 Å². The molecule has 1 aromatic heterocycles. The van der Waals surface area contributed by atoms with Gasteiger partial charge < -0.3 is 15.4 Å². The molecule has 0 saturated heterocycles. The maximum atomic E-state index is 8.89. The summed E-state index contributed by atoms with van der Waals surface area (Å²) < 4.78 is 2.18. The van der Waals surface area contributed by atoms with Gasteiger partial charge in [-0.3, -0.25) is 0 Å². The third kappa shape index (κ3) is 2.08. The van der Waals surface area contributed by atoms with Crippen molar-refractivity contribution in [2.45, 2.75) is 25.8 Å². The number of hydrogen-bond acceptors (Lipinski definition) is 2. The first-order valence-corrected chi connectivity index (χ1v) is 6.07. The summed E-state index contributed by atoms with van der Waals surface area (Å²) in [4.78, 5) is 0. The third-order valence-electron chi connectivity index (χ3n) is 3.49. The van der Waals surface area contributed by atoms with Crippen molar-refractivity contribution in [2.24, 2.45) is 12.8 Å². The summed E-state index contributed by atoms with van der Waals surface area (Å²) in [6.07, 6.45) is 1.58. The van der Waals surface area contributed by atoms with Crippen LogP contribution in [0.5, 0.6) is 0 Å². The van der Waals surface area contributed by atoms with Crippen molar-refractivity contribution >= 4 is 10.9 Å². The predicted octanol–water partition coefficient (Wildman–Crippen LogP) is 2.26. The number of aliphatic hydroxyl groups excluding tert-OH is 1. The molecular weight excluding hydrogens is 212 g/mol. The van der Waals surface area contributed by atoms with E-state index in [9.17, 15) is 0 Å². The van der Waals surface area contributed by atoms with Crippen LogP contribution in [-0.4, -0.2) is 16.3 Å². The first-order valence-electron chi connectivity index (χ1n) is 6.07. The minimum atomic E-state index is 0.00764. The molecule has 0 spiro atoms. The van der Waals surface area contributed by atoms with Crippen LogP contribution in [0.3, 0.4) is 0 Å². The van der Waals surface area contributed by atoms with Gasteiger partial charge in [-0.1, -0.05) is 18.2 Å². The lowest BCUT2D eigenvalue weighted by Gasteiger charge is -2.12. The number of rotatable bonds is 4. The Hall–Kier alpha value is -1.32. The fourth-order valence-corrected chi connectivity index (χ4v) is 2.47. The smallest absolute Gasteiger partial charge is 0.0483 e. The Morgan fingerprint density at radius 2 is 2.06 bits per heavy atom. The maximum absolute atomic E-state index is 8.89. The number of aromatic nitrogens is 1. The Kier molecular flexibility index (Phi) is 3.50. The Balaban J connectivity index is 2.49. The molecule has 3 nitrogen and oxygen atoms in total. The zero-order valence-electron chi connectivity index (χ0n) is 10.5. The number of fused-ring (bicyclic) bond motifs is 1. The van der Waals surface area contributed by atoms with Crippen LogP contribution >= 0.6 is 0 Å². The van der Waals surface area contributed by atoms with Gasteiger partial charge in [0.25, 0.3) is 0 Å². The second-order valence-corrected chi connectivity index (χ2v) is 4.55. The van der Waals surface area contributed by atoms with Crippen molar-refractivity contribution in [2.75, 3.05) is 6.61 Å². The van der Waals surface area contributed by atoms with Crippen molar-refractivity contribution in [1.82, 2.24) is 4.57 Å². The third-order valence-corrected chi connectivity index (χ3v) is 3.49. The Bertz CT molecular complexity index is 516. The lowest BCUT2D eigenvalue weighted by molar-refractivity contribution is 0.280. The summed E-state index contributed by atoms with van der Waals surface area (Å²) in [5.74, 6) is 0. The van der Waals surface area contributed by atoms with Crippen molar-refractivity contribution < 1.29 is 5.11 Å². The highest BCUT2D eigenvalue weighted by Gasteiger charge is 2.16. The number of nitrogens with zero attached hydrogens (tertiary/aromatic N) is 1. The van der Waals surface area contributed by atoms with Gasteiger partial charge in [-0.05, 0) is 31.4 Å². The molecule has 92 valence electrons. The van der Waals surface area contributed by atoms with E-state index in [2.05, 4.69) is 30.7 Å². The van der Waals surface area contributed by atoms with E-state index in [1.807, 2.05) is 12.1 Å². The molecule has 1 aromatic carbocycles. The first-order chi connectivity index (χ1) is 8.16. The molecule has 17 heavy (non-hydrogen) atoms. The number of aryl methyl sites for hydroxylation is 1. The average molecular weight is 232 g/mol. The van der Waals surface area contributed by atoms with Gasteiger partial charge in [-0.2, -0.15) is 0 Å². The van der Waals surface area contributed by atoms with Crippen LogP contribution in [0.1, 0.15) is 30.1 Å². The molecule has 0 amide bonds. The second-order valence-electron chi connectivity index (χ2n) is 4.55. The highest BCUT2D eigenvalue weighted by atomic mass is 16.2. The molecule has 3 N–H and O–H groups in total. The summed E-state index contributed by atoms with van der Waals surface area (Å²) in [5, 5.41) is 10.1. The van der Waals surface area contributed by atoms with E-state index in [0.717, 1.165) is 12.8 Å². The molecule has 2 aromatic rings. The minimum absolute atomic E-state index is 0.00764. The molecule has 0 aliphatic heterocycles. The average Bonchev–Trinajstić information content (AvgIpc) is 2.60. The fourth-order valence-electron chi connectivity index (χ4n) is 2.47. The van der Waals surface area contributed by atoms with E-state index in [1.165, 1.54) is 22.2 Å². The molecule has 3 heteroatoms. The van der Waals surface area contributed by atoms with Gasteiger partial charge in [-0.25, -0.2) is 0 Å². The predicted molar refractivity (Wildman–Crippen MR) is 70.9 cm³/mol. The lowest BCUT2D eigenvalue weighted by Crippen LogP contribution is -2.12. The molecule has 0 aliphatic carbocycles. The number of nitrogens with two attached hydrogens (primary N) is 1. The summed E-state index contributed by atoms with van der Waals surface area (Å²) >= 11 is 0. The lowest BCUT2D eigenvalue weighted by atomic mass is 10.00. The topological polar surface area (TPSA) is 51.2 Å². The van der Waals surface area contributed by atoms with Crippen molar-refractivity contribution in [3.8, 4) is 0 Å². The molecule has 0 unspecified atom stereocenters. The summed E-state index contributed by atoms with van der Waals surface area (Å²) in [6, 6.07) is 8.34. The first kappa shape index (κ1) is 12.1. The highest BCUT2D eigenvalue weighted by Crippen LogP contribution is 2.30. The minimum Gasteiger partial charge on any atom is -0.396 e. The van der Waals surface area contributed by atoms with Gasteiger partial charge in [0.15, 0.2) is 0 Å². The monoisotopic (exact) mass is 232 g/mol. The van der Waals surface area contributed by atoms with Crippen LogP contribution in [0.25, 0.3) is 10.9 Å². The number of aliphatic hydroxyl groups is 1. The van der Waals surface area contributed by atoms with Gasteiger partial charge in [-0.15, -0.1) is 0 Å². The quantitative estimate of drug-likeness (QED) is 0.849. The van der Waals surface area contributed by atoms with Gasteiger partial charge in [0, 0.05) is 36.3 Å². The van der Waals surface area contributed by atoms with E-state index in [0.29, 0.717) is 0 Å². The molecule has 0 bridgehead atoms. The fraction of sp³-hybridized carbons (Fsp3) is 0.429. The van der Waals surface area contributed by atoms with Crippen LogP contribution in [0.2, 0.25) is 0 Å². The summed E-state index contributed by atoms with van der Waals surface area (Å²) in [6.45, 7) is 2.31. The largest absolute Gasteiger partial charge is 0.396 e. The Labute approximate surface area is 102 Å². The number of benzene rings is 1. The van der Waals surface area contributed by atoms with E-state index in [4.69, 9.17) is 10.8 Å². The molecular formula is C14H20N2O. The van der Waals surface area contributed by atoms with E-state index < -0.39 is 0 Å². The summed E-state index contributed by atoms with van der Waals surface area (Å²) in [5.41, 5.74) is 9.90. The van der Waals surface area contributed by atoms with Crippen molar-refractivity contribution in [3.05, 3.63) is 35.5 Å². The van der Waals surface area contributed by atoms with Crippen LogP contribution < -0.4 is 5.73 Å². The standard InChI is InChI=1S/C14H20N2O/c1-10-14(12(15)7-5-9-17)11-6-3-4-8-13(11)16(10)2/h3-4,6,8,12,17H,5,7,9,15H2,1-2H3/t12-/m0/s1. The SMILES string of the molecule is Cc1c([C@@H](N)CCCO)c2ccccc2n1C. The van der Waals surface area contributed by atoms with E-state index in [-0.39, 0.29) is 12.6 Å². The van der Waals surface area contributed by atoms with Gasteiger partial charge in [0.05, 0.1) is 0 Å². The molecule has 0 radical (unpaired) electrons. The second kappa shape index (κ2) is 4.90. The van der Waals surface area contributed by atoms with E-state index >= 15 is 0 Å². The van der Waals surface area contributed by atoms with Gasteiger partial charge in [0.2, 0.25) is 0 Å². The van der Waals surface area contributed by atoms with Crippen LogP contribution in [0.15, 0.2) is 24.3 Å². The molecule has 2 rings (SSSR count). The molecule has 0 saturated carbocycles. The van der Waals surface area contributed by atoms with Gasteiger partial charge in [0.1, 0.15) is 0 Å². The molecule has 1 heterocycles. The maximum Gasteiger partial charge on any atom is 0.0483 e. The highest BCUT2D eigenvalue weighted by molar-refractivity contribution is 5.85. The van der Waals surface area contributed by atoms with Crippen molar-refractivity contribution in [1.29, 1.82) is 0 Å². The Morgan fingerprint density at radius 3 is 2.76 bits per heavy atom. The van der Waals surface area contributed by atoms with Crippen LogP contribution in [-0.2, 0) is 7.05 Å². The zero-order valence-corrected chi connectivity index (χ0v) is 10.5. The zero-order chi connectivity index (χ0) is 12.4. The Morgan fingerprint density at radius 1 is 1.35 bits per heavy atom. The van der Waals surface area contributed by atoms with E-state index in [1.54, 1.807) is 0 Å². The normalized spacial score (nSPS) is 13.2. The van der Waals surface area contributed by atoms with Crippen molar-refractivity contribution in [3.63, 3.8) is 0 Å². The molecule has 0 aliphatic rings. The van der Waals surface area contributed by atoms with Gasteiger partial charge >= 0.3 is 0 Å². The van der Waals surface area contributed by atoms with Crippen LogP contribution in [0.4, 0.5) is 0 Å². The number of para-hydroxylation sites is 1. The number of hydrogen-bond donors (Lipinski definition) is 2. The molecule has 0 fully saturated rings.